The van der Waals surface area contributed by atoms with Gasteiger partial charge in [-0.25, -0.2) is 4.79 Å². The van der Waals surface area contributed by atoms with E-state index in [0.29, 0.717) is 10.7 Å². The number of nitrogens with zero attached hydrogens (tertiary/aromatic N) is 1. The lowest BCUT2D eigenvalue weighted by atomic mass is 10.1. The van der Waals surface area contributed by atoms with Crippen molar-refractivity contribution in [3.63, 3.8) is 0 Å². The quantitative estimate of drug-likeness (QED) is 0.893. The van der Waals surface area contributed by atoms with Gasteiger partial charge in [-0.15, -0.1) is 0 Å². The lowest BCUT2D eigenvalue weighted by molar-refractivity contribution is 0.127. The minimum Gasteiger partial charge on any atom is -0.465 e. The number of benzene rings is 1. The number of hydrogen-bond donors (Lipinski definition) is 2. The molecule has 0 aromatic heterocycles. The zero-order chi connectivity index (χ0) is 13.9. The fourth-order valence-corrected chi connectivity index (χ4v) is 1.89. The van der Waals surface area contributed by atoms with Crippen LogP contribution in [0.3, 0.4) is 0 Å². The summed E-state index contributed by atoms with van der Waals surface area (Å²) >= 11 is 11.7. The molecule has 0 heterocycles. The number of amides is 1. The molecule has 0 radical (unpaired) electrons. The molecular weight excluding hydrogens is 277 g/mol. The van der Waals surface area contributed by atoms with E-state index in [2.05, 4.69) is 0 Å². The van der Waals surface area contributed by atoms with Crippen LogP contribution in [0.2, 0.25) is 10.0 Å². The van der Waals surface area contributed by atoms with E-state index in [0.717, 1.165) is 4.90 Å². The maximum atomic E-state index is 11.2. The Kier molecular flexibility index (Phi) is 5.26. The fourth-order valence-electron chi connectivity index (χ4n) is 1.38. The summed E-state index contributed by atoms with van der Waals surface area (Å²) in [5.41, 5.74) is 0.313. The van der Waals surface area contributed by atoms with Gasteiger partial charge in [0.2, 0.25) is 0 Å². The van der Waals surface area contributed by atoms with E-state index >= 15 is 0 Å². The minimum atomic E-state index is -1.17. The third-order valence-electron chi connectivity index (χ3n) is 2.57. The monoisotopic (exact) mass is 291 g/mol. The lowest BCUT2D eigenvalue weighted by Gasteiger charge is -2.25. The van der Waals surface area contributed by atoms with Crippen molar-refractivity contribution in [2.24, 2.45) is 5.92 Å². The Hall–Kier alpha value is -0.970. The largest absolute Gasteiger partial charge is 0.465 e. The van der Waals surface area contributed by atoms with Crippen LogP contribution in [0.15, 0.2) is 18.2 Å². The smallest absolute Gasteiger partial charge is 0.411 e. The topological polar surface area (TPSA) is 60.8 Å². The molecular formula is C12H15Cl2NO3. The number of rotatable bonds is 4. The molecule has 1 unspecified atom stereocenters. The summed E-state index contributed by atoms with van der Waals surface area (Å²) in [5.74, 6) is -0.0436. The second-order valence-corrected chi connectivity index (χ2v) is 5.14. The molecule has 100 valence electrons. The first-order valence-corrected chi connectivity index (χ1v) is 6.22. The van der Waals surface area contributed by atoms with E-state index in [1.54, 1.807) is 6.07 Å². The molecule has 2 N–H and O–H groups in total. The average Bonchev–Trinajstić information content (AvgIpc) is 2.26. The molecule has 0 spiro atoms. The summed E-state index contributed by atoms with van der Waals surface area (Å²) in [4.78, 5) is 12.2. The van der Waals surface area contributed by atoms with E-state index in [9.17, 15) is 15.0 Å². The van der Waals surface area contributed by atoms with Gasteiger partial charge in [0, 0.05) is 5.02 Å². The van der Waals surface area contributed by atoms with Gasteiger partial charge in [-0.3, -0.25) is 4.90 Å². The summed E-state index contributed by atoms with van der Waals surface area (Å²) in [7, 11) is 0. The van der Waals surface area contributed by atoms with Crippen LogP contribution in [0.25, 0.3) is 0 Å². The molecule has 0 bridgehead atoms. The summed E-state index contributed by atoms with van der Waals surface area (Å²) in [6.07, 6.45) is -1.92. The zero-order valence-corrected chi connectivity index (χ0v) is 11.6. The summed E-state index contributed by atoms with van der Waals surface area (Å²) in [6.45, 7) is 3.59. The van der Waals surface area contributed by atoms with Crippen molar-refractivity contribution in [3.8, 4) is 0 Å². The number of aliphatic hydroxyl groups is 1. The molecule has 1 amide bonds. The van der Waals surface area contributed by atoms with Crippen LogP contribution >= 0.6 is 23.2 Å². The van der Waals surface area contributed by atoms with Crippen LogP contribution in [-0.4, -0.2) is 29.0 Å². The van der Waals surface area contributed by atoms with Crippen LogP contribution in [0, 0.1) is 5.92 Å². The van der Waals surface area contributed by atoms with Gasteiger partial charge < -0.3 is 10.2 Å². The second kappa shape index (κ2) is 6.27. The normalized spacial score (nSPS) is 12.6. The molecule has 6 heteroatoms. The number of anilines is 1. The Morgan fingerprint density at radius 1 is 1.39 bits per heavy atom. The van der Waals surface area contributed by atoms with E-state index < -0.39 is 12.2 Å². The van der Waals surface area contributed by atoms with Crippen molar-refractivity contribution in [2.45, 2.75) is 20.0 Å². The van der Waals surface area contributed by atoms with Crippen molar-refractivity contribution >= 4 is 35.0 Å². The van der Waals surface area contributed by atoms with Crippen LogP contribution < -0.4 is 4.90 Å². The molecule has 1 aromatic carbocycles. The Bertz CT molecular complexity index is 437. The molecule has 0 aliphatic carbocycles. The fraction of sp³-hybridized carbons (Fsp3) is 0.417. The van der Waals surface area contributed by atoms with Crippen molar-refractivity contribution in [1.29, 1.82) is 0 Å². The van der Waals surface area contributed by atoms with Crippen molar-refractivity contribution < 1.29 is 15.0 Å². The number of hydrogen-bond acceptors (Lipinski definition) is 2. The molecule has 0 saturated heterocycles. The summed E-state index contributed by atoms with van der Waals surface area (Å²) in [6, 6.07) is 4.54. The van der Waals surface area contributed by atoms with Crippen molar-refractivity contribution in [1.82, 2.24) is 0 Å². The Balaban J connectivity index is 3.01. The molecule has 0 aliphatic heterocycles. The molecule has 0 saturated carbocycles. The van der Waals surface area contributed by atoms with Gasteiger partial charge in [0.25, 0.3) is 0 Å². The highest BCUT2D eigenvalue weighted by Crippen LogP contribution is 2.29. The predicted octanol–water partition coefficient (Wildman–Crippen LogP) is 3.49. The highest BCUT2D eigenvalue weighted by molar-refractivity contribution is 6.36. The predicted molar refractivity (Wildman–Crippen MR) is 72.7 cm³/mol. The summed E-state index contributed by atoms with van der Waals surface area (Å²) in [5, 5.41) is 19.6. The van der Waals surface area contributed by atoms with Crippen molar-refractivity contribution in [2.75, 3.05) is 11.4 Å². The Morgan fingerprint density at radius 2 is 2.00 bits per heavy atom. The Morgan fingerprint density at radius 3 is 2.44 bits per heavy atom. The van der Waals surface area contributed by atoms with Crippen LogP contribution in [0.5, 0.6) is 0 Å². The third kappa shape index (κ3) is 3.77. The van der Waals surface area contributed by atoms with E-state index in [1.165, 1.54) is 12.1 Å². The van der Waals surface area contributed by atoms with Gasteiger partial charge in [0.1, 0.15) is 0 Å². The van der Waals surface area contributed by atoms with Gasteiger partial charge in [0.05, 0.1) is 23.4 Å². The Labute approximate surface area is 116 Å². The van der Waals surface area contributed by atoms with Gasteiger partial charge in [-0.1, -0.05) is 37.0 Å². The number of halogens is 2. The molecule has 1 aromatic rings. The van der Waals surface area contributed by atoms with Gasteiger partial charge in [-0.05, 0) is 24.1 Å². The second-order valence-electron chi connectivity index (χ2n) is 4.30. The number of carboxylic acid groups (broad SMARTS) is 1. The molecule has 1 rings (SSSR count). The summed E-state index contributed by atoms with van der Waals surface area (Å²) < 4.78 is 0. The van der Waals surface area contributed by atoms with E-state index in [1.807, 2.05) is 13.8 Å². The maximum Gasteiger partial charge on any atom is 0.411 e. The highest BCUT2D eigenvalue weighted by atomic mass is 35.5. The first-order valence-electron chi connectivity index (χ1n) is 5.46. The van der Waals surface area contributed by atoms with Gasteiger partial charge >= 0.3 is 6.09 Å². The van der Waals surface area contributed by atoms with Gasteiger partial charge in [0.15, 0.2) is 0 Å². The molecule has 0 aliphatic rings. The average molecular weight is 292 g/mol. The van der Waals surface area contributed by atoms with E-state index in [-0.39, 0.29) is 17.5 Å². The zero-order valence-electron chi connectivity index (χ0n) is 10.1. The standard InChI is InChI=1S/C12H15Cl2NO3/c1-7(2)11(16)6-15(12(17)18)10-4-3-8(13)5-9(10)14/h3-5,7,11,16H,6H2,1-2H3,(H,17,18). The first kappa shape index (κ1) is 15.1. The molecule has 18 heavy (non-hydrogen) atoms. The molecule has 0 fully saturated rings. The van der Waals surface area contributed by atoms with Crippen molar-refractivity contribution in [3.05, 3.63) is 28.2 Å². The SMILES string of the molecule is CC(C)C(O)CN(C(=O)O)c1ccc(Cl)cc1Cl. The van der Waals surface area contributed by atoms with Crippen LogP contribution in [-0.2, 0) is 0 Å². The molecule has 1 atom stereocenters. The maximum absolute atomic E-state index is 11.2. The van der Waals surface area contributed by atoms with Gasteiger partial charge in [-0.2, -0.15) is 0 Å². The minimum absolute atomic E-state index is 0.0334. The number of aliphatic hydroxyl groups excluding tert-OH is 1. The third-order valence-corrected chi connectivity index (χ3v) is 3.11. The highest BCUT2D eigenvalue weighted by Gasteiger charge is 2.22. The lowest BCUT2D eigenvalue weighted by Crippen LogP contribution is -2.38. The first-order chi connectivity index (χ1) is 8.32. The van der Waals surface area contributed by atoms with Crippen LogP contribution in [0.1, 0.15) is 13.8 Å². The van der Waals surface area contributed by atoms with Crippen LogP contribution in [0.4, 0.5) is 10.5 Å². The molecule has 4 nitrogen and oxygen atoms in total. The number of carbonyl (C=O) groups is 1. The van der Waals surface area contributed by atoms with E-state index in [4.69, 9.17) is 23.2 Å².